The number of rotatable bonds is 10. The van der Waals surface area contributed by atoms with Crippen LogP contribution in [0.2, 0.25) is 0 Å². The Morgan fingerprint density at radius 1 is 1.17 bits per heavy atom. The minimum Gasteiger partial charge on any atom is -0.508 e. The molecule has 3 N–H and O–H groups in total. The van der Waals surface area contributed by atoms with Crippen molar-refractivity contribution in [1.82, 2.24) is 15.5 Å². The molecule has 2 unspecified atom stereocenters. The van der Waals surface area contributed by atoms with Crippen molar-refractivity contribution in [3.8, 4) is 5.75 Å². The van der Waals surface area contributed by atoms with E-state index in [1.165, 1.54) is 28.8 Å². The quantitative estimate of drug-likeness (QED) is 0.140. The number of hydrogen-bond donors (Lipinski definition) is 3. The first kappa shape index (κ1) is 26.3. The molecule has 0 aliphatic carbocycles. The molecular weight excluding hydrogens is 506 g/mol. The highest BCUT2D eigenvalue weighted by molar-refractivity contribution is 8.01. The van der Waals surface area contributed by atoms with E-state index in [1.54, 1.807) is 12.1 Å². The van der Waals surface area contributed by atoms with Gasteiger partial charge in [0.25, 0.3) is 0 Å². The smallest absolute Gasteiger partial charge is 0.330 e. The van der Waals surface area contributed by atoms with Gasteiger partial charge in [-0.05, 0) is 37.1 Å². The average Bonchev–Trinajstić information content (AvgIpc) is 3.12. The molecule has 2 aliphatic heterocycles. The normalized spacial score (nSPS) is 22.9. The summed E-state index contributed by atoms with van der Waals surface area (Å²) in [5.41, 5.74) is 1.44. The van der Waals surface area contributed by atoms with Crippen molar-refractivity contribution in [3.63, 3.8) is 0 Å². The lowest BCUT2D eigenvalue weighted by molar-refractivity contribution is -0.165. The number of phenolic OH excluding ortho intramolecular Hbond substituents is 1. The summed E-state index contributed by atoms with van der Waals surface area (Å²) in [6.07, 6.45) is 0. The standard InChI is InChI=1S/C25H28ClN3O6S/c1-25(2)20(24(33)35-12-15-6-4-3-5-7-15)29-22(32)19(23(29)36-25)28-21(31)18(27-14-34-13-26)16-8-10-17(30)11-9-16/h3-11,18-20,23,27,30H,12-14H2,1-2H3,(H,28,31)/t18?,19?,20-,23+/m0/s1. The van der Waals surface area contributed by atoms with Crippen LogP contribution in [0, 0.1) is 0 Å². The van der Waals surface area contributed by atoms with Crippen LogP contribution in [-0.4, -0.2) is 62.8 Å². The number of aromatic hydroxyl groups is 1. The van der Waals surface area contributed by atoms with Crippen LogP contribution in [0.5, 0.6) is 5.75 Å². The zero-order chi connectivity index (χ0) is 25.9. The second-order valence-electron chi connectivity index (χ2n) is 9.03. The van der Waals surface area contributed by atoms with Crippen LogP contribution in [0.15, 0.2) is 54.6 Å². The minimum absolute atomic E-state index is 0.00768. The van der Waals surface area contributed by atoms with Gasteiger partial charge in [0.05, 0.1) is 6.73 Å². The van der Waals surface area contributed by atoms with Gasteiger partial charge in [-0.15, -0.1) is 11.8 Å². The van der Waals surface area contributed by atoms with E-state index in [0.717, 1.165) is 5.56 Å². The number of amides is 2. The Labute approximate surface area is 218 Å². The van der Waals surface area contributed by atoms with Gasteiger partial charge in [-0.25, -0.2) is 4.79 Å². The molecule has 9 nitrogen and oxygen atoms in total. The van der Waals surface area contributed by atoms with Gasteiger partial charge in [0.15, 0.2) is 0 Å². The summed E-state index contributed by atoms with van der Waals surface area (Å²) in [5, 5.41) is 15.0. The number of thioether (sulfide) groups is 1. The highest BCUT2D eigenvalue weighted by atomic mass is 35.5. The lowest BCUT2D eigenvalue weighted by Crippen LogP contribution is -2.71. The van der Waals surface area contributed by atoms with Crippen molar-refractivity contribution in [3.05, 3.63) is 65.7 Å². The first-order valence-electron chi connectivity index (χ1n) is 11.4. The third-order valence-electron chi connectivity index (χ3n) is 6.14. The fourth-order valence-electron chi connectivity index (χ4n) is 4.38. The number of nitrogens with zero attached hydrogens (tertiary/aromatic N) is 1. The fraction of sp³-hybridized carbons (Fsp3) is 0.400. The minimum atomic E-state index is -0.846. The first-order chi connectivity index (χ1) is 17.2. The largest absolute Gasteiger partial charge is 0.508 e. The molecule has 2 aliphatic rings. The molecule has 2 aromatic rings. The van der Waals surface area contributed by atoms with E-state index < -0.39 is 40.1 Å². The summed E-state index contributed by atoms with van der Waals surface area (Å²) in [6.45, 7) is 3.91. The van der Waals surface area contributed by atoms with Gasteiger partial charge >= 0.3 is 5.97 Å². The summed E-state index contributed by atoms with van der Waals surface area (Å²) < 4.78 is 10.0. The fourth-order valence-corrected chi connectivity index (χ4v) is 6.08. The molecule has 0 saturated carbocycles. The molecule has 0 bridgehead atoms. The number of β-lactam (4-membered cyclic amide) rings is 1. The molecule has 2 amide bonds. The second kappa shape index (κ2) is 11.1. The van der Waals surface area contributed by atoms with Crippen LogP contribution < -0.4 is 10.6 Å². The molecule has 0 radical (unpaired) electrons. The zero-order valence-corrected chi connectivity index (χ0v) is 21.4. The number of alkyl halides is 1. The molecule has 2 aromatic carbocycles. The summed E-state index contributed by atoms with van der Waals surface area (Å²) in [4.78, 5) is 40.8. The van der Waals surface area contributed by atoms with Crippen LogP contribution >= 0.6 is 23.4 Å². The van der Waals surface area contributed by atoms with E-state index in [9.17, 15) is 19.5 Å². The Hall–Kier alpha value is -2.79. The van der Waals surface area contributed by atoms with Crippen molar-refractivity contribution < 1.29 is 29.0 Å². The van der Waals surface area contributed by atoms with E-state index in [-0.39, 0.29) is 31.1 Å². The number of benzene rings is 2. The predicted molar refractivity (Wildman–Crippen MR) is 135 cm³/mol. The van der Waals surface area contributed by atoms with E-state index >= 15 is 0 Å². The molecular formula is C25H28ClN3O6S. The second-order valence-corrected chi connectivity index (χ2v) is 11.0. The number of nitrogens with one attached hydrogen (secondary N) is 2. The zero-order valence-electron chi connectivity index (χ0n) is 19.8. The van der Waals surface area contributed by atoms with Crippen molar-refractivity contribution in [2.24, 2.45) is 0 Å². The molecule has 2 heterocycles. The number of carbonyl (C=O) groups excluding carboxylic acids is 3. The Morgan fingerprint density at radius 3 is 2.53 bits per heavy atom. The Bertz CT molecular complexity index is 1100. The van der Waals surface area contributed by atoms with E-state index in [1.807, 2.05) is 44.2 Å². The highest BCUT2D eigenvalue weighted by Gasteiger charge is 2.64. The maximum atomic E-state index is 13.2. The molecule has 2 fully saturated rings. The maximum Gasteiger partial charge on any atom is 0.330 e. The topological polar surface area (TPSA) is 117 Å². The summed E-state index contributed by atoms with van der Waals surface area (Å²) >= 11 is 7.02. The number of halogens is 1. The number of phenols is 1. The SMILES string of the molecule is CC1(C)S[C@@H]2C(NC(=O)C(NCOCCl)c3ccc(O)cc3)C(=O)N2[C@H]1C(=O)OCc1ccccc1. The van der Waals surface area contributed by atoms with Crippen LogP contribution in [0.1, 0.15) is 31.0 Å². The molecule has 2 saturated heterocycles. The summed E-state index contributed by atoms with van der Waals surface area (Å²) in [5.74, 6) is -1.19. The number of fused-ring (bicyclic) bond motifs is 1. The summed E-state index contributed by atoms with van der Waals surface area (Å²) in [6, 6.07) is 13.0. The molecule has 192 valence electrons. The highest BCUT2D eigenvalue weighted by Crippen LogP contribution is 2.51. The number of ether oxygens (including phenoxy) is 2. The van der Waals surface area contributed by atoms with Crippen molar-refractivity contribution >= 4 is 41.1 Å². The first-order valence-corrected chi connectivity index (χ1v) is 12.8. The van der Waals surface area contributed by atoms with Crippen LogP contribution in [0.3, 0.4) is 0 Å². The van der Waals surface area contributed by atoms with Crippen molar-refractivity contribution in [1.29, 1.82) is 0 Å². The Morgan fingerprint density at radius 2 is 1.86 bits per heavy atom. The van der Waals surface area contributed by atoms with Crippen molar-refractivity contribution in [2.45, 2.75) is 48.7 Å². The van der Waals surface area contributed by atoms with Gasteiger partial charge in [-0.1, -0.05) is 54.1 Å². The van der Waals surface area contributed by atoms with Crippen LogP contribution in [0.4, 0.5) is 0 Å². The van der Waals surface area contributed by atoms with Gasteiger partial charge in [0.1, 0.15) is 41.9 Å². The third-order valence-corrected chi connectivity index (χ3v) is 7.87. The predicted octanol–water partition coefficient (Wildman–Crippen LogP) is 2.48. The van der Waals surface area contributed by atoms with Gasteiger partial charge in [0.2, 0.25) is 11.8 Å². The number of esters is 1. The number of carbonyl (C=O) groups is 3. The molecule has 4 atom stereocenters. The third kappa shape index (κ3) is 5.46. The molecule has 36 heavy (non-hydrogen) atoms. The van der Waals surface area contributed by atoms with Gasteiger partial charge in [-0.3, -0.25) is 14.9 Å². The lowest BCUT2D eigenvalue weighted by atomic mass is 9.95. The van der Waals surface area contributed by atoms with Gasteiger partial charge in [-0.2, -0.15) is 0 Å². The van der Waals surface area contributed by atoms with E-state index in [2.05, 4.69) is 10.6 Å². The van der Waals surface area contributed by atoms with Crippen LogP contribution in [0.25, 0.3) is 0 Å². The molecule has 11 heteroatoms. The van der Waals surface area contributed by atoms with Gasteiger partial charge < -0.3 is 24.8 Å². The molecule has 0 aromatic heterocycles. The molecule has 4 rings (SSSR count). The number of hydrogen-bond acceptors (Lipinski definition) is 8. The van der Waals surface area contributed by atoms with Crippen molar-refractivity contribution in [2.75, 3.05) is 12.8 Å². The lowest BCUT2D eigenvalue weighted by Gasteiger charge is -2.44. The average molecular weight is 534 g/mol. The van der Waals surface area contributed by atoms with E-state index in [0.29, 0.717) is 5.56 Å². The Balaban J connectivity index is 1.43. The Kier molecular flexibility index (Phi) is 8.09. The monoisotopic (exact) mass is 533 g/mol. The van der Waals surface area contributed by atoms with E-state index in [4.69, 9.17) is 21.1 Å². The van der Waals surface area contributed by atoms with Gasteiger partial charge in [0, 0.05) is 4.75 Å². The summed E-state index contributed by atoms with van der Waals surface area (Å²) in [7, 11) is 0. The van der Waals surface area contributed by atoms with Crippen LogP contribution in [-0.2, 0) is 30.5 Å². The maximum absolute atomic E-state index is 13.2. The molecule has 0 spiro atoms.